The molecule has 0 bridgehead atoms. The summed E-state index contributed by atoms with van der Waals surface area (Å²) < 4.78 is 10.4. The average Bonchev–Trinajstić information content (AvgIpc) is 3.54. The van der Waals surface area contributed by atoms with Gasteiger partial charge in [0.1, 0.15) is 17.2 Å². The molecule has 0 saturated heterocycles. The van der Waals surface area contributed by atoms with Crippen LogP contribution in [0, 0.1) is 0 Å². The Morgan fingerprint density at radius 3 is 2.91 bits per heavy atom. The van der Waals surface area contributed by atoms with Gasteiger partial charge in [-0.15, -0.1) is 11.3 Å². The van der Waals surface area contributed by atoms with Crippen molar-refractivity contribution in [3.63, 3.8) is 0 Å². The van der Waals surface area contributed by atoms with Gasteiger partial charge in [-0.3, -0.25) is 14.5 Å². The van der Waals surface area contributed by atoms with E-state index in [-0.39, 0.29) is 23.3 Å². The maximum Gasteiger partial charge on any atom is 0.283 e. The average molecular weight is 488 g/mol. The number of amides is 2. The molecule has 1 aliphatic heterocycles. The van der Waals surface area contributed by atoms with Gasteiger partial charge in [0.05, 0.1) is 36.4 Å². The van der Waals surface area contributed by atoms with Gasteiger partial charge in [-0.25, -0.2) is 4.99 Å². The third-order valence-electron chi connectivity index (χ3n) is 4.42. The van der Waals surface area contributed by atoms with Crippen LogP contribution in [-0.4, -0.2) is 29.8 Å². The number of methoxy groups -OCH3 is 1. The Bertz CT molecular complexity index is 1170. The van der Waals surface area contributed by atoms with E-state index in [0.717, 1.165) is 4.88 Å². The van der Waals surface area contributed by atoms with Crippen molar-refractivity contribution in [3.05, 3.63) is 75.5 Å². The van der Waals surface area contributed by atoms with E-state index >= 15 is 0 Å². The lowest BCUT2D eigenvalue weighted by atomic mass is 10.2. The van der Waals surface area contributed by atoms with Crippen LogP contribution in [-0.2, 0) is 16.1 Å². The first-order valence-corrected chi connectivity index (χ1v) is 11.7. The number of thioether (sulfide) groups is 1. The number of carbonyl (C=O) groups excluding carboxylic acids is 2. The minimum Gasteiger partial charge on any atom is -0.495 e. The Balaban J connectivity index is 1.54. The molecule has 0 atom stereocenters. The van der Waals surface area contributed by atoms with Crippen LogP contribution in [0.3, 0.4) is 0 Å². The molecule has 0 spiro atoms. The number of amidine groups is 1. The molecule has 0 fully saturated rings. The van der Waals surface area contributed by atoms with Crippen molar-refractivity contribution < 1.29 is 18.7 Å². The van der Waals surface area contributed by atoms with E-state index in [0.29, 0.717) is 33.9 Å². The highest BCUT2D eigenvalue weighted by Gasteiger charge is 2.33. The second-order valence-electron chi connectivity index (χ2n) is 6.54. The highest BCUT2D eigenvalue weighted by atomic mass is 35.5. The van der Waals surface area contributed by atoms with Crippen LogP contribution in [0.1, 0.15) is 10.6 Å². The van der Waals surface area contributed by atoms with Crippen LogP contribution in [0.15, 0.2) is 69.2 Å². The molecular formula is C22H18ClN3O4S2. The van der Waals surface area contributed by atoms with Gasteiger partial charge in [0, 0.05) is 4.88 Å². The maximum absolute atomic E-state index is 13.2. The predicted molar refractivity (Wildman–Crippen MR) is 128 cm³/mol. The van der Waals surface area contributed by atoms with Crippen LogP contribution in [0.5, 0.6) is 5.75 Å². The minimum absolute atomic E-state index is 0.0828. The summed E-state index contributed by atoms with van der Waals surface area (Å²) in [6, 6.07) is 12.4. The lowest BCUT2D eigenvalue weighted by Gasteiger charge is -2.18. The van der Waals surface area contributed by atoms with Gasteiger partial charge in [0.25, 0.3) is 5.91 Å². The fraction of sp³-hybridized carbons (Fsp3) is 0.136. The first-order valence-electron chi connectivity index (χ1n) is 9.49. The molecule has 0 saturated carbocycles. The number of rotatable bonds is 7. The number of halogens is 1. The molecule has 1 aliphatic rings. The van der Waals surface area contributed by atoms with Crippen molar-refractivity contribution >= 4 is 63.4 Å². The largest absolute Gasteiger partial charge is 0.495 e. The van der Waals surface area contributed by atoms with E-state index in [4.69, 9.17) is 20.8 Å². The first kappa shape index (κ1) is 22.2. The van der Waals surface area contributed by atoms with E-state index < -0.39 is 0 Å². The molecule has 2 aromatic heterocycles. The van der Waals surface area contributed by atoms with E-state index in [2.05, 4.69) is 10.3 Å². The monoisotopic (exact) mass is 487 g/mol. The Labute approximate surface area is 197 Å². The normalized spacial score (nSPS) is 14.7. The molecule has 7 nitrogen and oxygen atoms in total. The van der Waals surface area contributed by atoms with Gasteiger partial charge in [0.2, 0.25) is 5.91 Å². The van der Waals surface area contributed by atoms with Crippen molar-refractivity contribution in [2.24, 2.45) is 4.99 Å². The van der Waals surface area contributed by atoms with Crippen LogP contribution >= 0.6 is 34.7 Å². The van der Waals surface area contributed by atoms with E-state index in [1.54, 1.807) is 42.7 Å². The summed E-state index contributed by atoms with van der Waals surface area (Å²) in [5, 5.41) is 5.48. The Morgan fingerprint density at radius 2 is 2.22 bits per heavy atom. The minimum atomic E-state index is -0.293. The fourth-order valence-electron chi connectivity index (χ4n) is 2.90. The summed E-state index contributed by atoms with van der Waals surface area (Å²) >= 11 is 8.95. The first-order chi connectivity index (χ1) is 15.5. The number of hydrogen-bond acceptors (Lipinski definition) is 7. The molecule has 0 aliphatic carbocycles. The number of nitrogens with zero attached hydrogens (tertiary/aromatic N) is 2. The molecule has 2 amide bonds. The predicted octanol–water partition coefficient (Wildman–Crippen LogP) is 4.80. The molecule has 10 heteroatoms. The summed E-state index contributed by atoms with van der Waals surface area (Å²) in [6.07, 6.45) is 3.28. The second-order valence-corrected chi connectivity index (χ2v) is 8.87. The Morgan fingerprint density at radius 1 is 1.34 bits per heavy atom. The molecule has 4 rings (SSSR count). The lowest BCUT2D eigenvalue weighted by Crippen LogP contribution is -2.32. The number of furan rings is 1. The van der Waals surface area contributed by atoms with Gasteiger partial charge < -0.3 is 14.5 Å². The molecule has 0 radical (unpaired) electrons. The summed E-state index contributed by atoms with van der Waals surface area (Å²) in [5.74, 6) is 0.745. The molecule has 1 aromatic carbocycles. The number of aliphatic imine (C=N–C) groups is 1. The fourth-order valence-corrected chi connectivity index (χ4v) is 4.65. The summed E-state index contributed by atoms with van der Waals surface area (Å²) in [4.78, 5) is 32.4. The molecule has 164 valence electrons. The van der Waals surface area contributed by atoms with Gasteiger partial charge in [-0.05, 0) is 47.9 Å². The molecule has 1 N–H and O–H groups in total. The highest BCUT2D eigenvalue weighted by molar-refractivity contribution is 8.14. The van der Waals surface area contributed by atoms with Crippen LogP contribution in [0.4, 0.5) is 5.69 Å². The third-order valence-corrected chi connectivity index (χ3v) is 6.47. The van der Waals surface area contributed by atoms with Crippen molar-refractivity contribution in [3.8, 4) is 5.75 Å². The number of thiophene rings is 1. The number of hydrogen-bond donors (Lipinski definition) is 1. The number of ether oxygens (including phenoxy) is 1. The number of nitrogens with one attached hydrogen (secondary N) is 1. The zero-order valence-electron chi connectivity index (χ0n) is 16.9. The van der Waals surface area contributed by atoms with E-state index in [1.165, 1.54) is 35.1 Å². The molecular weight excluding hydrogens is 470 g/mol. The molecule has 32 heavy (non-hydrogen) atoms. The van der Waals surface area contributed by atoms with Crippen LogP contribution in [0.2, 0.25) is 5.02 Å². The SMILES string of the molecule is COc1ccc(N2C(=O)/C(=C\c3cccs3)N=C2SCC(=O)NCc2ccco2)cc1Cl. The number of benzene rings is 1. The maximum atomic E-state index is 13.2. The smallest absolute Gasteiger partial charge is 0.283 e. The lowest BCUT2D eigenvalue weighted by molar-refractivity contribution is -0.118. The van der Waals surface area contributed by atoms with Crippen molar-refractivity contribution in [1.82, 2.24) is 5.32 Å². The third kappa shape index (κ3) is 5.07. The zero-order chi connectivity index (χ0) is 22.5. The topological polar surface area (TPSA) is 84.1 Å². The van der Waals surface area contributed by atoms with Crippen molar-refractivity contribution in [2.75, 3.05) is 17.8 Å². The molecule has 3 aromatic rings. The van der Waals surface area contributed by atoms with Gasteiger partial charge >= 0.3 is 0 Å². The Kier molecular flexibility index (Phi) is 6.99. The number of carbonyl (C=O) groups is 2. The molecule has 0 unspecified atom stereocenters. The van der Waals surface area contributed by atoms with E-state index in [9.17, 15) is 9.59 Å². The van der Waals surface area contributed by atoms with Gasteiger partial charge in [-0.1, -0.05) is 29.4 Å². The van der Waals surface area contributed by atoms with Gasteiger partial charge in [-0.2, -0.15) is 0 Å². The highest BCUT2D eigenvalue weighted by Crippen LogP contribution is 2.34. The Hall–Kier alpha value is -3.01. The van der Waals surface area contributed by atoms with E-state index in [1.807, 2.05) is 17.5 Å². The molecule has 3 heterocycles. The summed E-state index contributed by atoms with van der Waals surface area (Å²) in [6.45, 7) is 0.291. The van der Waals surface area contributed by atoms with Gasteiger partial charge in [0.15, 0.2) is 5.17 Å². The van der Waals surface area contributed by atoms with Crippen LogP contribution < -0.4 is 15.0 Å². The second kappa shape index (κ2) is 10.1. The quantitative estimate of drug-likeness (QED) is 0.484. The summed E-state index contributed by atoms with van der Waals surface area (Å²) in [5.41, 5.74) is 0.829. The number of anilines is 1. The zero-order valence-corrected chi connectivity index (χ0v) is 19.3. The standard InChI is InChI=1S/C22H18ClN3O4S2/c1-29-19-7-6-14(10-17(19)23)26-21(28)18(11-16-5-3-9-31-16)25-22(26)32-13-20(27)24-12-15-4-2-8-30-15/h2-11H,12-13H2,1H3,(H,24,27)/b18-11+. The van der Waals surface area contributed by atoms with Crippen molar-refractivity contribution in [1.29, 1.82) is 0 Å². The van der Waals surface area contributed by atoms with Crippen molar-refractivity contribution in [2.45, 2.75) is 6.54 Å². The van der Waals surface area contributed by atoms with Crippen LogP contribution in [0.25, 0.3) is 6.08 Å². The summed E-state index contributed by atoms with van der Waals surface area (Å²) in [7, 11) is 1.52.